The predicted octanol–water partition coefficient (Wildman–Crippen LogP) is 2.99. The van der Waals surface area contributed by atoms with Crippen molar-refractivity contribution < 1.29 is 17.6 Å². The molecule has 0 fully saturated rings. The van der Waals surface area contributed by atoms with E-state index in [1.807, 2.05) is 12.1 Å². The maximum Gasteiger partial charge on any atom is 0.252 e. The molecule has 1 amide bonds. The fraction of sp³-hybridized carbons (Fsp3) is 0.312. The van der Waals surface area contributed by atoms with Gasteiger partial charge >= 0.3 is 0 Å². The lowest BCUT2D eigenvalue weighted by Gasteiger charge is -2.17. The van der Waals surface area contributed by atoms with Gasteiger partial charge in [0, 0.05) is 19.3 Å². The molecular weight excluding hydrogens is 384 g/mol. The molecule has 0 aliphatic rings. The van der Waals surface area contributed by atoms with Gasteiger partial charge in [-0.15, -0.1) is 0 Å². The van der Waals surface area contributed by atoms with E-state index in [1.54, 1.807) is 24.1 Å². The smallest absolute Gasteiger partial charge is 0.252 e. The molecule has 2 aromatic rings. The Bertz CT molecular complexity index is 823. The number of nitrogens with zero attached hydrogens (tertiary/aromatic N) is 1. The number of nitrogens with one attached hydrogen (secondary N) is 1. The first-order chi connectivity index (χ1) is 11.8. The van der Waals surface area contributed by atoms with Crippen molar-refractivity contribution in [2.45, 2.75) is 5.75 Å². The first kappa shape index (κ1) is 19.7. The van der Waals surface area contributed by atoms with Gasteiger partial charge in [-0.05, 0) is 30.3 Å². The van der Waals surface area contributed by atoms with E-state index >= 15 is 0 Å². The molecule has 0 aliphatic carbocycles. The summed E-state index contributed by atoms with van der Waals surface area (Å²) < 4.78 is 29.4. The number of anilines is 1. The number of carbonyl (C=O) groups is 1. The third-order valence-corrected chi connectivity index (χ3v) is 5.91. The molecule has 0 atom stereocenters. The van der Waals surface area contributed by atoms with Gasteiger partial charge in [0.15, 0.2) is 0 Å². The minimum Gasteiger partial charge on any atom is -0.468 e. The predicted molar refractivity (Wildman–Crippen MR) is 102 cm³/mol. The molecule has 0 radical (unpaired) electrons. The Hall–Kier alpha value is -1.64. The summed E-state index contributed by atoms with van der Waals surface area (Å²) in [7, 11) is -1.95. The van der Waals surface area contributed by atoms with Crippen molar-refractivity contribution in [1.82, 2.24) is 5.32 Å². The first-order valence-corrected chi connectivity index (χ1v) is 10.8. The molecule has 0 unspecified atom stereocenters. The van der Waals surface area contributed by atoms with Crippen molar-refractivity contribution in [3.63, 3.8) is 0 Å². The Balaban J connectivity index is 1.87. The molecule has 6 nitrogen and oxygen atoms in total. The average molecular weight is 403 g/mol. The molecule has 1 aromatic heterocycles. The number of halogens is 1. The van der Waals surface area contributed by atoms with Crippen LogP contribution in [0.25, 0.3) is 0 Å². The van der Waals surface area contributed by atoms with E-state index < -0.39 is 10.0 Å². The van der Waals surface area contributed by atoms with E-state index in [0.717, 1.165) is 27.8 Å². The SMILES string of the molecule is CN(c1ccc(C(=O)NCCSCc2ccco2)c(Cl)c1)S(C)(=O)=O. The maximum absolute atomic E-state index is 12.2. The molecule has 9 heteroatoms. The molecule has 25 heavy (non-hydrogen) atoms. The number of furan rings is 1. The number of sulfonamides is 1. The van der Waals surface area contributed by atoms with E-state index in [0.29, 0.717) is 17.8 Å². The Labute approximate surface area is 156 Å². The van der Waals surface area contributed by atoms with Crippen molar-refractivity contribution in [3.05, 3.63) is 52.9 Å². The van der Waals surface area contributed by atoms with Crippen LogP contribution >= 0.6 is 23.4 Å². The zero-order chi connectivity index (χ0) is 18.4. The minimum atomic E-state index is -3.38. The van der Waals surface area contributed by atoms with E-state index in [1.165, 1.54) is 19.2 Å². The van der Waals surface area contributed by atoms with Crippen LogP contribution in [0.4, 0.5) is 5.69 Å². The van der Waals surface area contributed by atoms with E-state index in [-0.39, 0.29) is 10.9 Å². The van der Waals surface area contributed by atoms with Crippen molar-refractivity contribution in [2.75, 3.05) is 29.9 Å². The van der Waals surface area contributed by atoms with Gasteiger partial charge in [0.2, 0.25) is 10.0 Å². The monoisotopic (exact) mass is 402 g/mol. The Kier molecular flexibility index (Phi) is 6.80. The van der Waals surface area contributed by atoms with Gasteiger partial charge in [0.1, 0.15) is 5.76 Å². The van der Waals surface area contributed by atoms with Crippen molar-refractivity contribution in [2.24, 2.45) is 0 Å². The van der Waals surface area contributed by atoms with Gasteiger partial charge in [0.25, 0.3) is 5.91 Å². The summed E-state index contributed by atoms with van der Waals surface area (Å²) >= 11 is 7.77. The van der Waals surface area contributed by atoms with Gasteiger partial charge in [-0.2, -0.15) is 11.8 Å². The molecule has 0 spiro atoms. The minimum absolute atomic E-state index is 0.203. The Morgan fingerprint density at radius 2 is 2.12 bits per heavy atom. The molecule has 136 valence electrons. The van der Waals surface area contributed by atoms with Gasteiger partial charge in [-0.25, -0.2) is 8.42 Å². The highest BCUT2D eigenvalue weighted by atomic mass is 35.5. The summed E-state index contributed by atoms with van der Waals surface area (Å²) in [6.07, 6.45) is 2.73. The molecule has 0 saturated carbocycles. The van der Waals surface area contributed by atoms with E-state index in [4.69, 9.17) is 16.0 Å². The normalized spacial score (nSPS) is 11.3. The zero-order valence-electron chi connectivity index (χ0n) is 13.9. The van der Waals surface area contributed by atoms with Crippen LogP contribution in [-0.2, 0) is 15.8 Å². The molecule has 0 aliphatic heterocycles. The average Bonchev–Trinajstić information content (AvgIpc) is 3.06. The second-order valence-corrected chi connectivity index (χ2v) is 8.81. The van der Waals surface area contributed by atoms with Crippen LogP contribution in [0.15, 0.2) is 41.0 Å². The van der Waals surface area contributed by atoms with E-state index in [2.05, 4.69) is 5.32 Å². The number of hydrogen-bond acceptors (Lipinski definition) is 5. The number of amides is 1. The fourth-order valence-electron chi connectivity index (χ4n) is 1.97. The fourth-order valence-corrected chi connectivity index (χ4v) is 3.49. The van der Waals surface area contributed by atoms with Gasteiger partial charge in [0.05, 0.1) is 34.5 Å². The van der Waals surface area contributed by atoms with Crippen LogP contribution in [0.2, 0.25) is 5.02 Å². The van der Waals surface area contributed by atoms with E-state index in [9.17, 15) is 13.2 Å². The van der Waals surface area contributed by atoms with Crippen LogP contribution in [0.3, 0.4) is 0 Å². The lowest BCUT2D eigenvalue weighted by atomic mass is 10.2. The molecule has 1 aromatic carbocycles. The second-order valence-electron chi connectivity index (χ2n) is 5.28. The molecule has 2 rings (SSSR count). The molecule has 0 saturated heterocycles. The Morgan fingerprint density at radius 3 is 2.72 bits per heavy atom. The lowest BCUT2D eigenvalue weighted by molar-refractivity contribution is 0.0956. The standard InChI is InChI=1S/C16H19ClN2O4S2/c1-19(25(2,21)22)12-5-6-14(15(17)10-12)16(20)18-7-9-24-11-13-4-3-8-23-13/h3-6,8,10H,7,9,11H2,1-2H3,(H,18,20). The lowest BCUT2D eigenvalue weighted by Crippen LogP contribution is -2.27. The summed E-state index contributed by atoms with van der Waals surface area (Å²) in [5.41, 5.74) is 0.710. The summed E-state index contributed by atoms with van der Waals surface area (Å²) in [4.78, 5) is 12.2. The molecule has 0 bridgehead atoms. The van der Waals surface area contributed by atoms with Crippen molar-refractivity contribution >= 4 is 45.0 Å². The van der Waals surface area contributed by atoms with Crippen LogP contribution < -0.4 is 9.62 Å². The number of thioether (sulfide) groups is 1. The summed E-state index contributed by atoms with van der Waals surface area (Å²) in [5.74, 6) is 2.08. The first-order valence-electron chi connectivity index (χ1n) is 7.41. The van der Waals surface area contributed by atoms with Crippen LogP contribution in [-0.4, -0.2) is 39.9 Å². The number of hydrogen-bond donors (Lipinski definition) is 1. The van der Waals surface area contributed by atoms with Gasteiger partial charge < -0.3 is 9.73 Å². The quantitative estimate of drug-likeness (QED) is 0.686. The number of rotatable bonds is 8. The largest absolute Gasteiger partial charge is 0.468 e. The molecule has 1 heterocycles. The third-order valence-electron chi connectivity index (χ3n) is 3.41. The van der Waals surface area contributed by atoms with Gasteiger partial charge in [-0.3, -0.25) is 9.10 Å². The second kappa shape index (κ2) is 8.64. The van der Waals surface area contributed by atoms with Crippen LogP contribution in [0.1, 0.15) is 16.1 Å². The van der Waals surface area contributed by atoms with Crippen LogP contribution in [0.5, 0.6) is 0 Å². The Morgan fingerprint density at radius 1 is 1.36 bits per heavy atom. The van der Waals surface area contributed by atoms with Crippen molar-refractivity contribution in [1.29, 1.82) is 0 Å². The highest BCUT2D eigenvalue weighted by Gasteiger charge is 2.16. The maximum atomic E-state index is 12.2. The van der Waals surface area contributed by atoms with Gasteiger partial charge in [-0.1, -0.05) is 11.6 Å². The summed E-state index contributed by atoms with van der Waals surface area (Å²) in [6.45, 7) is 0.492. The molecular formula is C16H19ClN2O4S2. The third kappa shape index (κ3) is 5.69. The molecule has 1 N–H and O–H groups in total. The summed E-state index contributed by atoms with van der Waals surface area (Å²) in [6, 6.07) is 8.27. The van der Waals surface area contributed by atoms with Crippen molar-refractivity contribution in [3.8, 4) is 0 Å². The number of benzene rings is 1. The number of carbonyl (C=O) groups excluding carboxylic acids is 1. The highest BCUT2D eigenvalue weighted by Crippen LogP contribution is 2.24. The topological polar surface area (TPSA) is 79.6 Å². The van der Waals surface area contributed by atoms with Crippen LogP contribution in [0, 0.1) is 0 Å². The zero-order valence-corrected chi connectivity index (χ0v) is 16.2. The highest BCUT2D eigenvalue weighted by molar-refractivity contribution is 7.98. The summed E-state index contributed by atoms with van der Waals surface area (Å²) in [5, 5.41) is 2.99.